The van der Waals surface area contributed by atoms with E-state index in [0.29, 0.717) is 12.2 Å². The molecule has 3 heterocycles. The number of anilines is 1. The second-order valence-corrected chi connectivity index (χ2v) is 6.83. The van der Waals surface area contributed by atoms with E-state index in [1.807, 2.05) is 0 Å². The van der Waals surface area contributed by atoms with E-state index in [4.69, 9.17) is 21.1 Å². The molecule has 2 saturated heterocycles. The topological polar surface area (TPSA) is 72.9 Å². The summed E-state index contributed by atoms with van der Waals surface area (Å²) in [6, 6.07) is 1.44. The smallest absolute Gasteiger partial charge is 0.457 e. The van der Waals surface area contributed by atoms with Crippen molar-refractivity contribution in [2.45, 2.75) is 37.8 Å². The van der Waals surface area contributed by atoms with Crippen LogP contribution in [0.15, 0.2) is 12.3 Å². The van der Waals surface area contributed by atoms with Crippen LogP contribution in [-0.4, -0.2) is 61.6 Å². The Morgan fingerprint density at radius 1 is 1.57 bits per heavy atom. The molecule has 28 heavy (non-hydrogen) atoms. The highest BCUT2D eigenvalue weighted by Crippen LogP contribution is 2.34. The van der Waals surface area contributed by atoms with E-state index in [0.717, 1.165) is 0 Å². The molecule has 0 aromatic carbocycles. The van der Waals surface area contributed by atoms with Crippen LogP contribution in [0, 0.1) is 0 Å². The third-order valence-electron chi connectivity index (χ3n) is 4.25. The lowest BCUT2D eigenvalue weighted by molar-refractivity contribution is -0.284. The maximum Gasteiger partial charge on any atom is 0.491 e. The van der Waals surface area contributed by atoms with E-state index < -0.39 is 30.4 Å². The van der Waals surface area contributed by atoms with Gasteiger partial charge in [0.25, 0.3) is 0 Å². The average Bonchev–Trinajstić information content (AvgIpc) is 2.62. The van der Waals surface area contributed by atoms with E-state index in [1.54, 1.807) is 11.8 Å². The third-order valence-corrected chi connectivity index (χ3v) is 4.53. The van der Waals surface area contributed by atoms with Crippen molar-refractivity contribution in [3.05, 3.63) is 17.4 Å². The van der Waals surface area contributed by atoms with Gasteiger partial charge in [0.2, 0.25) is 12.1 Å². The van der Waals surface area contributed by atoms with Crippen molar-refractivity contribution >= 4 is 23.3 Å². The quantitative estimate of drug-likeness (QED) is 0.439. The van der Waals surface area contributed by atoms with Gasteiger partial charge in [0, 0.05) is 25.6 Å². The van der Waals surface area contributed by atoms with Gasteiger partial charge < -0.3 is 24.4 Å². The zero-order valence-electron chi connectivity index (χ0n) is 14.8. The number of aromatic nitrogens is 1. The van der Waals surface area contributed by atoms with Gasteiger partial charge in [-0.25, -0.2) is 14.2 Å². The fourth-order valence-electron chi connectivity index (χ4n) is 3.02. The van der Waals surface area contributed by atoms with Crippen LogP contribution < -0.4 is 15.0 Å². The zero-order chi connectivity index (χ0) is 20.5. The van der Waals surface area contributed by atoms with E-state index in [-0.39, 0.29) is 37.0 Å². The summed E-state index contributed by atoms with van der Waals surface area (Å²) >= 11 is 5.93. The molecular weight excluding hydrogens is 410 g/mol. The van der Waals surface area contributed by atoms with Gasteiger partial charge in [-0.3, -0.25) is 0 Å². The Hall–Kier alpha value is -1.85. The summed E-state index contributed by atoms with van der Waals surface area (Å²) < 4.78 is 66.9. The summed E-state index contributed by atoms with van der Waals surface area (Å²) in [6.45, 7) is 1.93. The number of carbonyl (C=O) groups excluding carboxylic acids is 1. The minimum absolute atomic E-state index is 0.00429. The predicted octanol–water partition coefficient (Wildman–Crippen LogP) is 2.43. The van der Waals surface area contributed by atoms with Crippen LogP contribution in [0.5, 0.6) is 5.75 Å². The van der Waals surface area contributed by atoms with Crippen LogP contribution in [0.3, 0.4) is 0 Å². The number of hydrogen-bond acceptors (Lipinski definition) is 7. The number of morpholine rings is 2. The average molecular weight is 428 g/mol. The third kappa shape index (κ3) is 4.58. The molecule has 0 aliphatic carbocycles. The van der Waals surface area contributed by atoms with Crippen molar-refractivity contribution in [3.8, 4) is 5.75 Å². The molecule has 2 bridgehead atoms. The lowest BCUT2D eigenvalue weighted by Gasteiger charge is -2.49. The highest BCUT2D eigenvalue weighted by molar-refractivity contribution is 6.30. The molecule has 3 unspecified atom stereocenters. The summed E-state index contributed by atoms with van der Waals surface area (Å²) in [6.07, 6.45) is -5.79. The molecule has 2 aliphatic heterocycles. The second kappa shape index (κ2) is 7.88. The van der Waals surface area contributed by atoms with Gasteiger partial charge >= 0.3 is 12.1 Å². The Morgan fingerprint density at radius 2 is 2.32 bits per heavy atom. The van der Waals surface area contributed by atoms with Crippen LogP contribution in [0.25, 0.3) is 0 Å². The molecule has 3 rings (SSSR count). The summed E-state index contributed by atoms with van der Waals surface area (Å²) in [5, 5.41) is 2.86. The molecule has 2 aliphatic rings. The van der Waals surface area contributed by atoms with Gasteiger partial charge in [-0.1, -0.05) is 18.5 Å². The number of ether oxygens (including phenoxy) is 3. The minimum Gasteiger partial charge on any atom is -0.457 e. The molecule has 1 aromatic rings. The van der Waals surface area contributed by atoms with Crippen molar-refractivity contribution in [1.29, 1.82) is 0 Å². The van der Waals surface area contributed by atoms with Crippen molar-refractivity contribution in [2.75, 3.05) is 31.1 Å². The van der Waals surface area contributed by atoms with E-state index >= 15 is 0 Å². The second-order valence-electron chi connectivity index (χ2n) is 6.47. The Balaban J connectivity index is 1.83. The molecular formula is C16H18ClF4N3O4. The highest BCUT2D eigenvalue weighted by atomic mass is 35.5. The first kappa shape index (κ1) is 20.9. The monoisotopic (exact) mass is 427 g/mol. The lowest BCUT2D eigenvalue weighted by atomic mass is 10.1. The Labute approximate surface area is 162 Å². The van der Waals surface area contributed by atoms with Gasteiger partial charge in [-0.2, -0.15) is 13.2 Å². The van der Waals surface area contributed by atoms with Crippen LogP contribution in [0.1, 0.15) is 13.3 Å². The summed E-state index contributed by atoms with van der Waals surface area (Å²) in [5.74, 6) is -4.15. The fraction of sp³-hybridized carbons (Fsp3) is 0.625. The van der Waals surface area contributed by atoms with Crippen LogP contribution >= 0.6 is 11.6 Å². The molecule has 0 radical (unpaired) electrons. The van der Waals surface area contributed by atoms with Gasteiger partial charge in [0.05, 0.1) is 31.1 Å². The first-order valence-electron chi connectivity index (χ1n) is 8.52. The first-order valence-corrected chi connectivity index (χ1v) is 8.89. The molecule has 0 saturated carbocycles. The molecule has 1 aromatic heterocycles. The van der Waals surface area contributed by atoms with Gasteiger partial charge in [-0.15, -0.1) is 0 Å². The summed E-state index contributed by atoms with van der Waals surface area (Å²) in [4.78, 5) is 16.9. The van der Waals surface area contributed by atoms with Crippen LogP contribution in [0.4, 0.5) is 23.2 Å². The number of nitrogens with zero attached hydrogens (tertiary/aromatic N) is 2. The first-order chi connectivity index (χ1) is 13.1. The number of hydrogen-bond donors (Lipinski definition) is 1. The van der Waals surface area contributed by atoms with Crippen molar-refractivity contribution in [2.24, 2.45) is 0 Å². The van der Waals surface area contributed by atoms with Gasteiger partial charge in [0.15, 0.2) is 10.9 Å². The van der Waals surface area contributed by atoms with Crippen molar-refractivity contribution in [3.63, 3.8) is 0 Å². The number of rotatable bonds is 5. The largest absolute Gasteiger partial charge is 0.491 e. The Morgan fingerprint density at radius 3 is 3.00 bits per heavy atom. The molecule has 1 N–H and O–H groups in total. The molecule has 3 atom stereocenters. The number of halogens is 5. The number of alkyl halides is 4. The number of esters is 1. The molecule has 7 nitrogen and oxygen atoms in total. The number of nitrogens with one attached hydrogen (secondary N) is 1. The maximum atomic E-state index is 13.6. The fourth-order valence-corrected chi connectivity index (χ4v) is 3.16. The van der Waals surface area contributed by atoms with Gasteiger partial charge in [0.1, 0.15) is 0 Å². The number of pyridine rings is 1. The van der Waals surface area contributed by atoms with Gasteiger partial charge in [-0.05, 0) is 0 Å². The number of carbonyl (C=O) groups is 1. The zero-order valence-corrected chi connectivity index (χ0v) is 15.5. The molecule has 0 spiro atoms. The normalized spacial score (nSPS) is 25.9. The standard InChI is InChI=1S/C16H18ClF4N3O4/c1-2-12(18)26-11-3-9(4-23-13(11)17)24-6-10-5-22-7-15(8-24,27-10)28-14(25)16(19,20)21/h3-4,10,12,22H,2,5-8H2,1H3. The predicted molar refractivity (Wildman–Crippen MR) is 89.9 cm³/mol. The van der Waals surface area contributed by atoms with Crippen molar-refractivity contribution in [1.82, 2.24) is 10.3 Å². The molecule has 2 fully saturated rings. The SMILES string of the molecule is CCC(F)Oc1cc(N2CC3CNCC(OC(=O)C(F)(F)F)(C2)O3)cnc1Cl. The van der Waals surface area contributed by atoms with E-state index in [1.165, 1.54) is 12.3 Å². The minimum atomic E-state index is -5.15. The molecule has 12 heteroatoms. The molecule has 0 amide bonds. The number of fused-ring (bicyclic) bond motifs is 2. The lowest BCUT2D eigenvalue weighted by Crippen LogP contribution is -2.68. The van der Waals surface area contributed by atoms with Crippen molar-refractivity contribution < 1.29 is 36.6 Å². The van der Waals surface area contributed by atoms with E-state index in [9.17, 15) is 22.4 Å². The summed E-state index contributed by atoms with van der Waals surface area (Å²) in [5.41, 5.74) is 0.422. The van der Waals surface area contributed by atoms with Crippen LogP contribution in [0.2, 0.25) is 5.15 Å². The van der Waals surface area contributed by atoms with Crippen LogP contribution in [-0.2, 0) is 14.3 Å². The Bertz CT molecular complexity index is 738. The maximum absolute atomic E-state index is 13.6. The summed E-state index contributed by atoms with van der Waals surface area (Å²) in [7, 11) is 0. The molecule has 156 valence electrons. The Kier molecular flexibility index (Phi) is 5.87. The van der Waals surface area contributed by atoms with E-state index in [2.05, 4.69) is 15.0 Å². The highest BCUT2D eigenvalue weighted by Gasteiger charge is 2.52.